The van der Waals surface area contributed by atoms with Gasteiger partial charge in [0.05, 0.1) is 6.54 Å². The second-order valence-electron chi connectivity index (χ2n) is 5.05. The zero-order valence-corrected chi connectivity index (χ0v) is 11.8. The van der Waals surface area contributed by atoms with Gasteiger partial charge in [0.25, 0.3) is 0 Å². The summed E-state index contributed by atoms with van der Waals surface area (Å²) in [6, 6.07) is 0. The minimum absolute atomic E-state index is 0.0811. The van der Waals surface area contributed by atoms with Crippen LogP contribution >= 0.6 is 0 Å². The molecular formula is C13H25N2O3. The monoisotopic (exact) mass is 257 g/mol. The van der Waals surface area contributed by atoms with E-state index in [2.05, 4.69) is 10.6 Å². The lowest BCUT2D eigenvalue weighted by molar-refractivity contribution is -0.121. The molecule has 0 aliphatic carbocycles. The maximum absolute atomic E-state index is 11.3. The Kier molecular flexibility index (Phi) is 8.16. The molecular weight excluding hydrogens is 232 g/mol. The van der Waals surface area contributed by atoms with E-state index in [1.54, 1.807) is 6.54 Å². The summed E-state index contributed by atoms with van der Waals surface area (Å²) in [5, 5.41) is 5.31. The summed E-state index contributed by atoms with van der Waals surface area (Å²) in [6.07, 6.45) is 2.52. The van der Waals surface area contributed by atoms with Gasteiger partial charge in [-0.15, -0.1) is 0 Å². The Balaban J connectivity index is 3.41. The predicted octanol–water partition coefficient (Wildman–Crippen LogP) is 2.37. The molecule has 0 aromatic carbocycles. The fraction of sp³-hybridized carbons (Fsp3) is 0.769. The second-order valence-corrected chi connectivity index (χ2v) is 5.05. The van der Waals surface area contributed by atoms with Crippen LogP contribution < -0.4 is 10.6 Å². The molecule has 0 saturated carbocycles. The van der Waals surface area contributed by atoms with Crippen molar-refractivity contribution >= 4 is 12.0 Å². The van der Waals surface area contributed by atoms with Crippen LogP contribution in [-0.2, 0) is 9.53 Å². The first-order valence-electron chi connectivity index (χ1n) is 6.43. The molecule has 0 fully saturated rings. The molecule has 0 heterocycles. The number of ether oxygens (including phenoxy) is 1. The van der Waals surface area contributed by atoms with Crippen LogP contribution in [0.4, 0.5) is 4.79 Å². The maximum Gasteiger partial charge on any atom is 0.407 e. The number of hydrogen-bond donors (Lipinski definition) is 2. The number of hydrogen-bond acceptors (Lipinski definition) is 3. The van der Waals surface area contributed by atoms with Gasteiger partial charge in [-0.2, -0.15) is 0 Å². The number of amides is 2. The average molecular weight is 257 g/mol. The summed E-state index contributed by atoms with van der Waals surface area (Å²) in [5.74, 6) is 0.0811. The van der Waals surface area contributed by atoms with Gasteiger partial charge in [0, 0.05) is 13.0 Å². The van der Waals surface area contributed by atoms with Gasteiger partial charge in [-0.3, -0.25) is 4.79 Å². The Labute approximate surface area is 110 Å². The summed E-state index contributed by atoms with van der Waals surface area (Å²) in [6.45, 7) is 9.70. The van der Waals surface area contributed by atoms with Crippen LogP contribution in [0.25, 0.3) is 0 Å². The number of unbranched alkanes of at least 4 members (excludes halogenated alkanes) is 2. The van der Waals surface area contributed by atoms with E-state index in [1.165, 1.54) is 0 Å². The minimum atomic E-state index is -0.476. The molecule has 0 saturated heterocycles. The van der Waals surface area contributed by atoms with Gasteiger partial charge in [0.2, 0.25) is 5.91 Å². The van der Waals surface area contributed by atoms with Crippen molar-refractivity contribution in [3.8, 4) is 0 Å². The Bertz CT molecular complexity index is 259. The predicted molar refractivity (Wildman–Crippen MR) is 70.8 cm³/mol. The number of nitrogens with one attached hydrogen (secondary N) is 2. The highest BCUT2D eigenvalue weighted by Crippen LogP contribution is 2.07. The van der Waals surface area contributed by atoms with Gasteiger partial charge in [0.15, 0.2) is 0 Å². The topological polar surface area (TPSA) is 67.4 Å². The van der Waals surface area contributed by atoms with Crippen LogP contribution in [0.1, 0.15) is 53.4 Å². The Morgan fingerprint density at radius 1 is 1.22 bits per heavy atom. The molecule has 5 heteroatoms. The van der Waals surface area contributed by atoms with Crippen molar-refractivity contribution < 1.29 is 14.3 Å². The summed E-state index contributed by atoms with van der Waals surface area (Å²) >= 11 is 0. The van der Waals surface area contributed by atoms with Crippen molar-refractivity contribution in [1.82, 2.24) is 10.6 Å². The summed E-state index contributed by atoms with van der Waals surface area (Å²) in [7, 11) is 0. The standard InChI is InChI=1S/C13H25N2O3/c1-5-14-11(16)9-7-6-8-10-15-12(17)18-13(2,3)4/h10H,5-9H2,1-4H3,(H,14,16)(H,15,17). The molecule has 0 aromatic rings. The number of rotatable bonds is 7. The fourth-order valence-corrected chi connectivity index (χ4v) is 1.28. The Hall–Kier alpha value is -1.26. The van der Waals surface area contributed by atoms with E-state index in [0.29, 0.717) is 13.0 Å². The third-order valence-electron chi connectivity index (χ3n) is 2.00. The van der Waals surface area contributed by atoms with Crippen molar-refractivity contribution in [2.45, 2.75) is 59.0 Å². The lowest BCUT2D eigenvalue weighted by Gasteiger charge is -2.19. The van der Waals surface area contributed by atoms with E-state index in [9.17, 15) is 9.59 Å². The molecule has 18 heavy (non-hydrogen) atoms. The summed E-state index contributed by atoms with van der Waals surface area (Å²) < 4.78 is 5.07. The number of carbonyl (C=O) groups is 2. The SMILES string of the molecule is CCNC(=O)CCCC[CH]NC(=O)OC(C)(C)C. The van der Waals surface area contributed by atoms with Crippen molar-refractivity contribution in [3.63, 3.8) is 0 Å². The minimum Gasteiger partial charge on any atom is -0.444 e. The Morgan fingerprint density at radius 3 is 2.44 bits per heavy atom. The largest absolute Gasteiger partial charge is 0.444 e. The normalized spacial score (nSPS) is 10.9. The van der Waals surface area contributed by atoms with Crippen molar-refractivity contribution in [2.24, 2.45) is 0 Å². The molecule has 2 amide bonds. The third-order valence-corrected chi connectivity index (χ3v) is 2.00. The van der Waals surface area contributed by atoms with Crippen LogP contribution in [0, 0.1) is 6.54 Å². The van der Waals surface area contributed by atoms with Gasteiger partial charge in [0.1, 0.15) is 5.60 Å². The van der Waals surface area contributed by atoms with E-state index < -0.39 is 11.7 Å². The first-order valence-corrected chi connectivity index (χ1v) is 6.43. The maximum atomic E-state index is 11.3. The van der Waals surface area contributed by atoms with Crippen LogP contribution in [0.3, 0.4) is 0 Å². The molecule has 105 valence electrons. The van der Waals surface area contributed by atoms with Crippen LogP contribution in [0.15, 0.2) is 0 Å². The molecule has 2 N–H and O–H groups in total. The van der Waals surface area contributed by atoms with Gasteiger partial charge >= 0.3 is 6.09 Å². The first kappa shape index (κ1) is 16.7. The van der Waals surface area contributed by atoms with E-state index in [4.69, 9.17) is 4.74 Å². The number of alkyl carbamates (subject to hydrolysis) is 1. The fourth-order valence-electron chi connectivity index (χ4n) is 1.28. The van der Waals surface area contributed by atoms with Crippen LogP contribution in [-0.4, -0.2) is 24.1 Å². The smallest absolute Gasteiger partial charge is 0.407 e. The highest BCUT2D eigenvalue weighted by atomic mass is 16.6. The van der Waals surface area contributed by atoms with E-state index in [-0.39, 0.29) is 5.91 Å². The van der Waals surface area contributed by atoms with Crippen LogP contribution in [0.2, 0.25) is 0 Å². The van der Waals surface area contributed by atoms with Gasteiger partial charge in [-0.1, -0.05) is 6.42 Å². The zero-order chi connectivity index (χ0) is 14.0. The highest BCUT2D eigenvalue weighted by molar-refractivity contribution is 5.75. The first-order chi connectivity index (χ1) is 8.35. The van der Waals surface area contributed by atoms with E-state index in [1.807, 2.05) is 27.7 Å². The summed E-state index contributed by atoms with van der Waals surface area (Å²) in [4.78, 5) is 22.4. The zero-order valence-electron chi connectivity index (χ0n) is 11.8. The van der Waals surface area contributed by atoms with Gasteiger partial charge < -0.3 is 15.4 Å². The van der Waals surface area contributed by atoms with Gasteiger partial charge in [-0.25, -0.2) is 4.79 Å². The molecule has 5 nitrogen and oxygen atoms in total. The lowest BCUT2D eigenvalue weighted by Crippen LogP contribution is -2.31. The van der Waals surface area contributed by atoms with E-state index in [0.717, 1.165) is 19.3 Å². The van der Waals surface area contributed by atoms with Crippen molar-refractivity contribution in [2.75, 3.05) is 6.54 Å². The molecule has 1 radical (unpaired) electrons. The van der Waals surface area contributed by atoms with Crippen molar-refractivity contribution in [3.05, 3.63) is 6.54 Å². The lowest BCUT2D eigenvalue weighted by atomic mass is 10.2. The molecule has 0 aromatic heterocycles. The van der Waals surface area contributed by atoms with E-state index >= 15 is 0 Å². The quantitative estimate of drug-likeness (QED) is 0.688. The van der Waals surface area contributed by atoms with Crippen molar-refractivity contribution in [1.29, 1.82) is 0 Å². The summed E-state index contributed by atoms with van der Waals surface area (Å²) in [5.41, 5.74) is -0.476. The second kappa shape index (κ2) is 8.78. The molecule has 0 rings (SSSR count). The third kappa shape index (κ3) is 11.2. The van der Waals surface area contributed by atoms with Crippen LogP contribution in [0.5, 0.6) is 0 Å². The molecule has 0 spiro atoms. The molecule has 0 aliphatic heterocycles. The Morgan fingerprint density at radius 2 is 1.89 bits per heavy atom. The highest BCUT2D eigenvalue weighted by Gasteiger charge is 2.15. The molecule has 0 unspecified atom stereocenters. The molecule has 0 aliphatic rings. The molecule has 0 atom stereocenters. The average Bonchev–Trinajstić information content (AvgIpc) is 2.21. The molecule has 0 bridgehead atoms. The van der Waals surface area contributed by atoms with Gasteiger partial charge in [-0.05, 0) is 40.5 Å². The number of carbonyl (C=O) groups excluding carboxylic acids is 2.